The van der Waals surface area contributed by atoms with Crippen LogP contribution in [0.1, 0.15) is 31.6 Å². The number of likely N-dealkylation sites (N-methyl/N-ethyl adjacent to an activating group) is 2. The minimum absolute atomic E-state index is 0.109. The number of hydrogen-bond acceptors (Lipinski definition) is 5. The summed E-state index contributed by atoms with van der Waals surface area (Å²) in [5, 5.41) is 4.43. The number of hydrogen-bond donors (Lipinski definition) is 1. The van der Waals surface area contributed by atoms with Gasteiger partial charge in [0.15, 0.2) is 5.75 Å². The normalized spacial score (nSPS) is 23.2. The van der Waals surface area contributed by atoms with Crippen LogP contribution in [0.5, 0.6) is 5.75 Å². The number of ether oxygens (including phenoxy) is 1. The topological polar surface area (TPSA) is 59.6 Å². The van der Waals surface area contributed by atoms with Gasteiger partial charge in [0.1, 0.15) is 0 Å². The fraction of sp³-hybridized carbons (Fsp3) is 0.786. The Kier molecular flexibility index (Phi) is 4.67. The van der Waals surface area contributed by atoms with Crippen molar-refractivity contribution in [3.8, 4) is 5.75 Å². The van der Waals surface area contributed by atoms with Gasteiger partial charge < -0.3 is 15.4 Å². The molecule has 6 heteroatoms. The van der Waals surface area contributed by atoms with Crippen molar-refractivity contribution in [1.82, 2.24) is 19.6 Å². The minimum Gasteiger partial charge on any atom is -0.493 e. The molecule has 2 atom stereocenters. The Bertz CT molecular complexity index is 445. The lowest BCUT2D eigenvalue weighted by molar-refractivity contribution is 0.0943. The van der Waals surface area contributed by atoms with Crippen LogP contribution < -0.4 is 10.5 Å². The zero-order valence-electron chi connectivity index (χ0n) is 13.2. The van der Waals surface area contributed by atoms with Crippen molar-refractivity contribution in [1.29, 1.82) is 0 Å². The quantitative estimate of drug-likeness (QED) is 0.881. The molecule has 0 amide bonds. The number of aromatic nitrogens is 2. The summed E-state index contributed by atoms with van der Waals surface area (Å²) < 4.78 is 7.43. The molecule has 20 heavy (non-hydrogen) atoms. The highest BCUT2D eigenvalue weighted by molar-refractivity contribution is 5.30. The Balaban J connectivity index is 2.31. The third kappa shape index (κ3) is 2.82. The average molecular weight is 281 g/mol. The van der Waals surface area contributed by atoms with Crippen molar-refractivity contribution in [2.24, 2.45) is 5.73 Å². The SMILES string of the molecule is COc1cnn(C(C)C)c1C(N)C1CN(C)CCN1C. The molecule has 114 valence electrons. The smallest absolute Gasteiger partial charge is 0.161 e. The molecule has 1 aliphatic heterocycles. The molecule has 0 aliphatic carbocycles. The second-order valence-electron chi connectivity index (χ2n) is 5.97. The maximum absolute atomic E-state index is 6.57. The van der Waals surface area contributed by atoms with Crippen LogP contribution in [0.15, 0.2) is 6.20 Å². The van der Waals surface area contributed by atoms with Gasteiger partial charge in [0.2, 0.25) is 0 Å². The van der Waals surface area contributed by atoms with Crippen LogP contribution in [-0.2, 0) is 0 Å². The van der Waals surface area contributed by atoms with Crippen molar-refractivity contribution >= 4 is 0 Å². The monoisotopic (exact) mass is 281 g/mol. The lowest BCUT2D eigenvalue weighted by atomic mass is 10.0. The number of piperazine rings is 1. The molecule has 2 N–H and O–H groups in total. The van der Waals surface area contributed by atoms with Crippen LogP contribution in [0.4, 0.5) is 0 Å². The van der Waals surface area contributed by atoms with Gasteiger partial charge in [-0.3, -0.25) is 9.58 Å². The summed E-state index contributed by atoms with van der Waals surface area (Å²) in [6.45, 7) is 7.30. The Morgan fingerprint density at radius 2 is 2.05 bits per heavy atom. The molecule has 2 heterocycles. The van der Waals surface area contributed by atoms with E-state index in [2.05, 4.69) is 42.8 Å². The van der Waals surface area contributed by atoms with Gasteiger partial charge in [-0.1, -0.05) is 0 Å². The van der Waals surface area contributed by atoms with Gasteiger partial charge in [0.05, 0.1) is 25.0 Å². The lowest BCUT2D eigenvalue weighted by Gasteiger charge is -2.41. The Hall–Kier alpha value is -1.11. The molecule has 0 aromatic carbocycles. The van der Waals surface area contributed by atoms with Gasteiger partial charge in [-0.15, -0.1) is 0 Å². The molecule has 1 fully saturated rings. The molecule has 0 bridgehead atoms. The van der Waals surface area contributed by atoms with E-state index in [9.17, 15) is 0 Å². The maximum Gasteiger partial charge on any atom is 0.161 e. The highest BCUT2D eigenvalue weighted by atomic mass is 16.5. The van der Waals surface area contributed by atoms with Crippen LogP contribution in [0, 0.1) is 0 Å². The van der Waals surface area contributed by atoms with Crippen molar-refractivity contribution in [2.45, 2.75) is 32.0 Å². The van der Waals surface area contributed by atoms with Gasteiger partial charge >= 0.3 is 0 Å². The molecule has 2 unspecified atom stereocenters. The van der Waals surface area contributed by atoms with E-state index in [0.29, 0.717) is 0 Å². The maximum atomic E-state index is 6.57. The van der Waals surface area contributed by atoms with Gasteiger partial charge in [0.25, 0.3) is 0 Å². The minimum atomic E-state index is -0.109. The lowest BCUT2D eigenvalue weighted by Crippen LogP contribution is -2.54. The fourth-order valence-corrected chi connectivity index (χ4v) is 2.86. The zero-order chi connectivity index (χ0) is 14.9. The van der Waals surface area contributed by atoms with Crippen molar-refractivity contribution in [2.75, 3.05) is 40.8 Å². The molecule has 1 aromatic rings. The number of nitrogens with two attached hydrogens (primary N) is 1. The van der Waals surface area contributed by atoms with Crippen LogP contribution in [0.3, 0.4) is 0 Å². The molecule has 0 radical (unpaired) electrons. The predicted molar refractivity (Wildman–Crippen MR) is 80.0 cm³/mol. The molecule has 0 spiro atoms. The van der Waals surface area contributed by atoms with Crippen LogP contribution in [0.25, 0.3) is 0 Å². The Labute approximate surface area is 121 Å². The van der Waals surface area contributed by atoms with Crippen molar-refractivity contribution < 1.29 is 4.74 Å². The molecular formula is C14H27N5O. The number of methoxy groups -OCH3 is 1. The van der Waals surface area contributed by atoms with E-state index in [1.54, 1.807) is 13.3 Å². The van der Waals surface area contributed by atoms with Crippen molar-refractivity contribution in [3.05, 3.63) is 11.9 Å². The molecule has 2 rings (SSSR count). The summed E-state index contributed by atoms with van der Waals surface area (Å²) in [5.74, 6) is 0.785. The predicted octanol–water partition coefficient (Wildman–Crippen LogP) is 0.718. The molecule has 6 nitrogen and oxygen atoms in total. The van der Waals surface area contributed by atoms with Gasteiger partial charge in [-0.05, 0) is 27.9 Å². The van der Waals surface area contributed by atoms with Crippen LogP contribution in [0.2, 0.25) is 0 Å². The van der Waals surface area contributed by atoms with Crippen LogP contribution in [-0.4, -0.2) is 66.5 Å². The summed E-state index contributed by atoms with van der Waals surface area (Å²) in [5.41, 5.74) is 7.57. The third-order valence-electron chi connectivity index (χ3n) is 4.14. The summed E-state index contributed by atoms with van der Waals surface area (Å²) >= 11 is 0. The summed E-state index contributed by atoms with van der Waals surface area (Å²) in [4.78, 5) is 4.66. The molecule has 0 saturated carbocycles. The van der Waals surface area contributed by atoms with E-state index in [1.807, 2.05) is 4.68 Å². The van der Waals surface area contributed by atoms with Gasteiger partial charge in [-0.2, -0.15) is 5.10 Å². The molecule has 1 saturated heterocycles. The highest BCUT2D eigenvalue weighted by Gasteiger charge is 2.32. The van der Waals surface area contributed by atoms with Crippen LogP contribution >= 0.6 is 0 Å². The Morgan fingerprint density at radius 1 is 1.35 bits per heavy atom. The van der Waals surface area contributed by atoms with Crippen molar-refractivity contribution in [3.63, 3.8) is 0 Å². The first-order chi connectivity index (χ1) is 9.45. The highest BCUT2D eigenvalue weighted by Crippen LogP contribution is 2.30. The number of rotatable bonds is 4. The first-order valence-electron chi connectivity index (χ1n) is 7.21. The summed E-state index contributed by atoms with van der Waals surface area (Å²) in [6.07, 6.45) is 1.77. The van der Waals surface area contributed by atoms with E-state index in [4.69, 9.17) is 10.5 Å². The third-order valence-corrected chi connectivity index (χ3v) is 4.14. The average Bonchev–Trinajstić information content (AvgIpc) is 2.84. The Morgan fingerprint density at radius 3 is 2.65 bits per heavy atom. The second kappa shape index (κ2) is 6.11. The summed E-state index contributed by atoms with van der Waals surface area (Å²) in [7, 11) is 5.96. The van der Waals surface area contributed by atoms with E-state index < -0.39 is 0 Å². The largest absolute Gasteiger partial charge is 0.493 e. The molecule has 1 aromatic heterocycles. The van der Waals surface area contributed by atoms with E-state index in [1.165, 1.54) is 0 Å². The van der Waals surface area contributed by atoms with E-state index in [-0.39, 0.29) is 18.1 Å². The standard InChI is InChI=1S/C14H27N5O/c1-10(2)19-14(12(20-5)8-16-19)13(15)11-9-17(3)6-7-18(11)4/h8,10-11,13H,6-7,9,15H2,1-5H3. The first kappa shape index (κ1) is 15.3. The van der Waals surface area contributed by atoms with Gasteiger partial charge in [-0.25, -0.2) is 0 Å². The van der Waals surface area contributed by atoms with E-state index >= 15 is 0 Å². The zero-order valence-corrected chi connectivity index (χ0v) is 13.2. The first-order valence-corrected chi connectivity index (χ1v) is 7.21. The van der Waals surface area contributed by atoms with E-state index in [0.717, 1.165) is 31.1 Å². The fourth-order valence-electron chi connectivity index (χ4n) is 2.86. The van der Waals surface area contributed by atoms with Gasteiger partial charge in [0, 0.05) is 31.7 Å². The molecule has 1 aliphatic rings. The summed E-state index contributed by atoms with van der Waals surface area (Å²) in [6, 6.07) is 0.436. The second-order valence-corrected chi connectivity index (χ2v) is 5.97. The number of nitrogens with zero attached hydrogens (tertiary/aromatic N) is 4. The molecular weight excluding hydrogens is 254 g/mol.